The van der Waals surface area contributed by atoms with Gasteiger partial charge in [-0.25, -0.2) is 0 Å². The number of allylic oxidation sites excluding steroid dienone is 1. The first-order valence-electron chi connectivity index (χ1n) is 8.28. The predicted octanol–water partition coefficient (Wildman–Crippen LogP) is 3.53. The summed E-state index contributed by atoms with van der Waals surface area (Å²) in [5.74, 6) is 1.48. The van der Waals surface area contributed by atoms with Crippen molar-refractivity contribution in [2.75, 3.05) is 17.2 Å². The Labute approximate surface area is 126 Å². The number of rotatable bonds is 6. The molecule has 2 N–H and O–H groups in total. The Hall–Kier alpha value is -1.65. The van der Waals surface area contributed by atoms with E-state index in [1.165, 1.54) is 51.4 Å². The zero-order chi connectivity index (χ0) is 14.3. The average molecular weight is 287 g/mol. The van der Waals surface area contributed by atoms with Crippen LogP contribution in [-0.2, 0) is 0 Å². The molecule has 3 rings (SSSR count). The molecular weight excluding hydrogens is 262 g/mol. The monoisotopic (exact) mass is 287 g/mol. The van der Waals surface area contributed by atoms with Crippen LogP contribution in [0.15, 0.2) is 17.8 Å². The SMILES string of the molecule is C1=C(CCNc2cnnc(NC3CCCC3)n2)CCCC1. The molecule has 5 nitrogen and oxygen atoms in total. The van der Waals surface area contributed by atoms with Gasteiger partial charge in [-0.2, -0.15) is 10.1 Å². The van der Waals surface area contributed by atoms with E-state index < -0.39 is 0 Å². The molecule has 0 aliphatic heterocycles. The predicted molar refractivity (Wildman–Crippen MR) is 85.4 cm³/mol. The lowest BCUT2D eigenvalue weighted by Gasteiger charge is -2.14. The number of hydrogen-bond acceptors (Lipinski definition) is 5. The summed E-state index contributed by atoms with van der Waals surface area (Å²) in [5, 5.41) is 14.9. The van der Waals surface area contributed by atoms with E-state index in [0.717, 1.165) is 18.8 Å². The van der Waals surface area contributed by atoms with E-state index in [2.05, 4.69) is 31.9 Å². The van der Waals surface area contributed by atoms with Gasteiger partial charge in [0.2, 0.25) is 5.95 Å². The van der Waals surface area contributed by atoms with Crippen molar-refractivity contribution in [2.45, 2.75) is 63.8 Å². The fraction of sp³-hybridized carbons (Fsp3) is 0.688. The fourth-order valence-electron chi connectivity index (χ4n) is 3.19. The highest BCUT2D eigenvalue weighted by Crippen LogP contribution is 2.21. The van der Waals surface area contributed by atoms with Crippen LogP contribution in [0.3, 0.4) is 0 Å². The summed E-state index contributed by atoms with van der Waals surface area (Å²) in [7, 11) is 0. The van der Waals surface area contributed by atoms with Crippen molar-refractivity contribution >= 4 is 11.8 Å². The normalized spacial score (nSPS) is 19.3. The molecule has 2 aliphatic carbocycles. The largest absolute Gasteiger partial charge is 0.368 e. The van der Waals surface area contributed by atoms with Crippen molar-refractivity contribution in [2.24, 2.45) is 0 Å². The Morgan fingerprint density at radius 1 is 1.14 bits per heavy atom. The molecule has 114 valence electrons. The molecule has 1 fully saturated rings. The van der Waals surface area contributed by atoms with Crippen LogP contribution in [0.4, 0.5) is 11.8 Å². The zero-order valence-corrected chi connectivity index (χ0v) is 12.6. The molecule has 0 spiro atoms. The third-order valence-corrected chi connectivity index (χ3v) is 4.38. The molecule has 1 saturated carbocycles. The molecule has 1 heterocycles. The van der Waals surface area contributed by atoms with E-state index in [1.807, 2.05) is 0 Å². The maximum absolute atomic E-state index is 4.50. The van der Waals surface area contributed by atoms with Gasteiger partial charge in [0.1, 0.15) is 0 Å². The molecule has 1 aromatic heterocycles. The molecule has 0 bridgehead atoms. The number of anilines is 2. The van der Waals surface area contributed by atoms with Gasteiger partial charge in [0, 0.05) is 12.6 Å². The molecule has 0 unspecified atom stereocenters. The zero-order valence-electron chi connectivity index (χ0n) is 12.6. The van der Waals surface area contributed by atoms with Gasteiger partial charge in [-0.05, 0) is 44.9 Å². The second-order valence-corrected chi connectivity index (χ2v) is 6.08. The average Bonchev–Trinajstić information content (AvgIpc) is 3.02. The van der Waals surface area contributed by atoms with Gasteiger partial charge in [-0.1, -0.05) is 24.5 Å². The van der Waals surface area contributed by atoms with E-state index in [-0.39, 0.29) is 0 Å². The third kappa shape index (κ3) is 4.41. The molecule has 0 atom stereocenters. The van der Waals surface area contributed by atoms with Crippen LogP contribution in [0.25, 0.3) is 0 Å². The highest BCUT2D eigenvalue weighted by Gasteiger charge is 2.15. The Kier molecular flexibility index (Phi) is 5.03. The van der Waals surface area contributed by atoms with E-state index in [4.69, 9.17) is 0 Å². The Balaban J connectivity index is 1.47. The second-order valence-electron chi connectivity index (χ2n) is 6.08. The summed E-state index contributed by atoms with van der Waals surface area (Å²) in [6.07, 6.45) is 15.5. The van der Waals surface area contributed by atoms with E-state index in [1.54, 1.807) is 11.8 Å². The molecular formula is C16H25N5. The number of nitrogens with one attached hydrogen (secondary N) is 2. The molecule has 0 radical (unpaired) electrons. The first kappa shape index (κ1) is 14.3. The van der Waals surface area contributed by atoms with Crippen molar-refractivity contribution in [3.8, 4) is 0 Å². The minimum atomic E-state index is 0.523. The Bertz CT molecular complexity index is 479. The first-order valence-corrected chi connectivity index (χ1v) is 8.28. The lowest BCUT2D eigenvalue weighted by molar-refractivity contribution is 0.679. The summed E-state index contributed by atoms with van der Waals surface area (Å²) in [5.41, 5.74) is 1.58. The number of nitrogens with zero attached hydrogens (tertiary/aromatic N) is 3. The van der Waals surface area contributed by atoms with Crippen molar-refractivity contribution in [3.05, 3.63) is 17.8 Å². The summed E-state index contributed by atoms with van der Waals surface area (Å²) in [6.45, 7) is 0.924. The maximum atomic E-state index is 4.50. The summed E-state index contributed by atoms with van der Waals surface area (Å²) < 4.78 is 0. The molecule has 0 aromatic carbocycles. The molecule has 5 heteroatoms. The van der Waals surface area contributed by atoms with Gasteiger partial charge in [-0.15, -0.1) is 5.10 Å². The molecule has 21 heavy (non-hydrogen) atoms. The quantitative estimate of drug-likeness (QED) is 0.784. The van der Waals surface area contributed by atoms with Gasteiger partial charge in [0.25, 0.3) is 0 Å². The van der Waals surface area contributed by atoms with Crippen molar-refractivity contribution < 1.29 is 0 Å². The lowest BCUT2D eigenvalue weighted by Crippen LogP contribution is -2.17. The van der Waals surface area contributed by atoms with Crippen LogP contribution in [0.2, 0.25) is 0 Å². The van der Waals surface area contributed by atoms with Gasteiger partial charge in [-0.3, -0.25) is 0 Å². The van der Waals surface area contributed by atoms with Crippen LogP contribution < -0.4 is 10.6 Å². The Morgan fingerprint density at radius 3 is 2.86 bits per heavy atom. The van der Waals surface area contributed by atoms with Crippen LogP contribution >= 0.6 is 0 Å². The van der Waals surface area contributed by atoms with E-state index >= 15 is 0 Å². The van der Waals surface area contributed by atoms with Crippen molar-refractivity contribution in [1.82, 2.24) is 15.2 Å². The van der Waals surface area contributed by atoms with Gasteiger partial charge in [0.05, 0.1) is 6.20 Å². The third-order valence-electron chi connectivity index (χ3n) is 4.38. The topological polar surface area (TPSA) is 62.7 Å². The van der Waals surface area contributed by atoms with Gasteiger partial charge < -0.3 is 10.6 Å². The maximum Gasteiger partial charge on any atom is 0.244 e. The lowest BCUT2D eigenvalue weighted by atomic mass is 9.97. The van der Waals surface area contributed by atoms with Crippen molar-refractivity contribution in [3.63, 3.8) is 0 Å². The summed E-state index contributed by atoms with van der Waals surface area (Å²) >= 11 is 0. The van der Waals surface area contributed by atoms with Crippen LogP contribution in [-0.4, -0.2) is 27.8 Å². The number of hydrogen-bond donors (Lipinski definition) is 2. The second kappa shape index (κ2) is 7.38. The van der Waals surface area contributed by atoms with Crippen molar-refractivity contribution in [1.29, 1.82) is 0 Å². The minimum Gasteiger partial charge on any atom is -0.368 e. The highest BCUT2D eigenvalue weighted by molar-refractivity contribution is 5.37. The van der Waals surface area contributed by atoms with Gasteiger partial charge in [0.15, 0.2) is 5.82 Å². The van der Waals surface area contributed by atoms with Crippen LogP contribution in [0, 0.1) is 0 Å². The fourth-order valence-corrected chi connectivity index (χ4v) is 3.19. The Morgan fingerprint density at radius 2 is 2.05 bits per heavy atom. The molecule has 0 saturated heterocycles. The van der Waals surface area contributed by atoms with Gasteiger partial charge >= 0.3 is 0 Å². The summed E-state index contributed by atoms with van der Waals surface area (Å²) in [6, 6.07) is 0.523. The highest BCUT2D eigenvalue weighted by atomic mass is 15.3. The smallest absolute Gasteiger partial charge is 0.244 e. The van der Waals surface area contributed by atoms with Crippen LogP contribution in [0.1, 0.15) is 57.8 Å². The first-order chi connectivity index (χ1) is 10.4. The standard InChI is InChI=1S/C16H25N5/c1-2-6-13(7-3-1)10-11-17-15-12-18-21-16(20-15)19-14-8-4-5-9-14/h6,12,14H,1-5,7-11H2,(H2,17,19,20,21). The number of aromatic nitrogens is 3. The van der Waals surface area contributed by atoms with E-state index in [9.17, 15) is 0 Å². The molecule has 0 amide bonds. The molecule has 1 aromatic rings. The molecule has 2 aliphatic rings. The van der Waals surface area contributed by atoms with Crippen LogP contribution in [0.5, 0.6) is 0 Å². The van der Waals surface area contributed by atoms with E-state index in [0.29, 0.717) is 12.0 Å². The minimum absolute atomic E-state index is 0.523. The summed E-state index contributed by atoms with van der Waals surface area (Å²) in [4.78, 5) is 4.50.